The number of nitrogens with zero attached hydrogens (tertiary/aromatic N) is 3. The molecule has 10 nitrogen and oxygen atoms in total. The first kappa shape index (κ1) is 21.6. The molecule has 1 N–H and O–H groups in total. The SMILES string of the molecule is COc1ccc(CNS(=O)(=O)c2cc([N+](=O)[O-])ccc2-n2cc(Cl)cn2)c(OC)c1. The molecule has 0 amide bonds. The molecule has 12 heteroatoms. The summed E-state index contributed by atoms with van der Waals surface area (Å²) in [6, 6.07) is 8.39. The van der Waals surface area contributed by atoms with Gasteiger partial charge in [0, 0.05) is 36.5 Å². The molecule has 0 spiro atoms. The standard InChI is InChI=1S/C18H17ClN4O6S/c1-28-15-5-3-12(17(8-15)29-2)9-21-30(26,27)18-7-14(23(24)25)4-6-16(18)22-11-13(19)10-20-22/h3-8,10-11,21H,9H2,1-2H3. The molecule has 1 aromatic heterocycles. The summed E-state index contributed by atoms with van der Waals surface area (Å²) >= 11 is 5.88. The zero-order chi connectivity index (χ0) is 21.9. The Morgan fingerprint density at radius 1 is 1.20 bits per heavy atom. The zero-order valence-electron chi connectivity index (χ0n) is 15.9. The maximum atomic E-state index is 13.0. The summed E-state index contributed by atoms with van der Waals surface area (Å²) in [7, 11) is -1.22. The van der Waals surface area contributed by atoms with Gasteiger partial charge >= 0.3 is 0 Å². The molecule has 0 atom stereocenters. The Morgan fingerprint density at radius 3 is 2.57 bits per heavy atom. The van der Waals surface area contributed by atoms with Gasteiger partial charge in [-0.15, -0.1) is 0 Å². The van der Waals surface area contributed by atoms with E-state index in [0.717, 1.165) is 6.07 Å². The number of ether oxygens (including phenoxy) is 2. The number of non-ortho nitro benzene ring substituents is 1. The highest BCUT2D eigenvalue weighted by Crippen LogP contribution is 2.28. The fourth-order valence-corrected chi connectivity index (χ4v) is 4.05. The number of methoxy groups -OCH3 is 2. The van der Waals surface area contributed by atoms with Gasteiger partial charge in [0.1, 0.15) is 16.4 Å². The molecule has 0 saturated heterocycles. The van der Waals surface area contributed by atoms with Gasteiger partial charge in [0.15, 0.2) is 0 Å². The lowest BCUT2D eigenvalue weighted by atomic mass is 10.2. The van der Waals surface area contributed by atoms with E-state index < -0.39 is 14.9 Å². The fraction of sp³-hybridized carbons (Fsp3) is 0.167. The smallest absolute Gasteiger partial charge is 0.270 e. The maximum absolute atomic E-state index is 13.0. The highest BCUT2D eigenvalue weighted by atomic mass is 35.5. The molecule has 3 rings (SSSR count). The average molecular weight is 453 g/mol. The van der Waals surface area contributed by atoms with Crippen molar-refractivity contribution < 1.29 is 22.8 Å². The van der Waals surface area contributed by atoms with Gasteiger partial charge in [-0.05, 0) is 12.1 Å². The second-order valence-electron chi connectivity index (χ2n) is 6.01. The molecule has 0 aliphatic heterocycles. The summed E-state index contributed by atoms with van der Waals surface area (Å²) in [5.74, 6) is 0.977. The van der Waals surface area contributed by atoms with Crippen LogP contribution in [0.25, 0.3) is 5.69 Å². The Balaban J connectivity index is 1.99. The minimum atomic E-state index is -4.17. The van der Waals surface area contributed by atoms with Gasteiger partial charge in [-0.3, -0.25) is 10.1 Å². The number of sulfonamides is 1. The summed E-state index contributed by atoms with van der Waals surface area (Å²) in [4.78, 5) is 10.2. The Labute approximate surface area is 177 Å². The third-order valence-electron chi connectivity index (χ3n) is 4.19. The topological polar surface area (TPSA) is 126 Å². The molecule has 0 aliphatic rings. The van der Waals surface area contributed by atoms with Crippen molar-refractivity contribution in [3.63, 3.8) is 0 Å². The normalized spacial score (nSPS) is 11.3. The lowest BCUT2D eigenvalue weighted by Gasteiger charge is -2.14. The molecular formula is C18H17ClN4O6S. The van der Waals surface area contributed by atoms with Crippen molar-refractivity contribution >= 4 is 27.3 Å². The van der Waals surface area contributed by atoms with E-state index in [1.54, 1.807) is 18.2 Å². The van der Waals surface area contributed by atoms with Crippen LogP contribution in [0.5, 0.6) is 11.5 Å². The van der Waals surface area contributed by atoms with Crippen LogP contribution in [-0.4, -0.2) is 37.3 Å². The van der Waals surface area contributed by atoms with E-state index >= 15 is 0 Å². The summed E-state index contributed by atoms with van der Waals surface area (Å²) in [6.45, 7) is -0.114. The second-order valence-corrected chi connectivity index (χ2v) is 8.19. The molecule has 1 heterocycles. The van der Waals surface area contributed by atoms with Gasteiger partial charge in [0.25, 0.3) is 5.69 Å². The Morgan fingerprint density at radius 2 is 1.97 bits per heavy atom. The first-order valence-corrected chi connectivity index (χ1v) is 10.3. The number of hydrogen-bond acceptors (Lipinski definition) is 7. The summed E-state index contributed by atoms with van der Waals surface area (Å²) in [5, 5.41) is 15.4. The highest BCUT2D eigenvalue weighted by Gasteiger charge is 2.24. The van der Waals surface area contributed by atoms with Crippen LogP contribution in [-0.2, 0) is 16.6 Å². The van der Waals surface area contributed by atoms with Crippen LogP contribution in [0.2, 0.25) is 5.02 Å². The van der Waals surface area contributed by atoms with Crippen molar-refractivity contribution in [2.24, 2.45) is 0 Å². The van der Waals surface area contributed by atoms with Crippen LogP contribution in [0.3, 0.4) is 0 Å². The second kappa shape index (κ2) is 8.69. The molecule has 0 radical (unpaired) electrons. The van der Waals surface area contributed by atoms with E-state index in [0.29, 0.717) is 17.1 Å². The third kappa shape index (κ3) is 4.53. The van der Waals surface area contributed by atoms with E-state index in [9.17, 15) is 18.5 Å². The Kier molecular flexibility index (Phi) is 6.25. The van der Waals surface area contributed by atoms with E-state index in [1.165, 1.54) is 43.4 Å². The Hall–Kier alpha value is -3.15. The molecule has 2 aromatic carbocycles. The molecule has 0 unspecified atom stereocenters. The van der Waals surface area contributed by atoms with Gasteiger partial charge in [0.05, 0.1) is 36.0 Å². The van der Waals surface area contributed by atoms with E-state index in [-0.39, 0.29) is 27.8 Å². The number of aromatic nitrogens is 2. The molecule has 0 saturated carbocycles. The van der Waals surface area contributed by atoms with Gasteiger partial charge < -0.3 is 9.47 Å². The van der Waals surface area contributed by atoms with Crippen molar-refractivity contribution in [3.8, 4) is 17.2 Å². The fourth-order valence-electron chi connectivity index (χ4n) is 2.70. The number of hydrogen-bond donors (Lipinski definition) is 1. The highest BCUT2D eigenvalue weighted by molar-refractivity contribution is 7.89. The molecule has 0 bridgehead atoms. The minimum absolute atomic E-state index is 0.113. The molecule has 30 heavy (non-hydrogen) atoms. The van der Waals surface area contributed by atoms with Gasteiger partial charge in [-0.1, -0.05) is 17.7 Å². The van der Waals surface area contributed by atoms with Crippen molar-refractivity contribution in [3.05, 3.63) is 69.5 Å². The van der Waals surface area contributed by atoms with Crippen molar-refractivity contribution in [2.45, 2.75) is 11.4 Å². The third-order valence-corrected chi connectivity index (χ3v) is 5.81. The number of nitro groups is 1. The van der Waals surface area contributed by atoms with E-state index in [2.05, 4.69) is 9.82 Å². The lowest BCUT2D eigenvalue weighted by molar-refractivity contribution is -0.385. The molecule has 0 aliphatic carbocycles. The van der Waals surface area contributed by atoms with Gasteiger partial charge in [-0.25, -0.2) is 17.8 Å². The zero-order valence-corrected chi connectivity index (χ0v) is 17.5. The summed E-state index contributed by atoms with van der Waals surface area (Å²) in [6.07, 6.45) is 2.73. The van der Waals surface area contributed by atoms with Crippen LogP contribution in [0.15, 0.2) is 53.7 Å². The first-order valence-electron chi connectivity index (χ1n) is 8.44. The predicted molar refractivity (Wildman–Crippen MR) is 109 cm³/mol. The van der Waals surface area contributed by atoms with Crippen molar-refractivity contribution in [2.75, 3.05) is 14.2 Å². The number of nitrogens with one attached hydrogen (secondary N) is 1. The quantitative estimate of drug-likeness (QED) is 0.411. The van der Waals surface area contributed by atoms with E-state index in [1.807, 2.05) is 0 Å². The van der Waals surface area contributed by atoms with Crippen molar-refractivity contribution in [1.29, 1.82) is 0 Å². The predicted octanol–water partition coefficient (Wildman–Crippen LogP) is 2.93. The minimum Gasteiger partial charge on any atom is -0.497 e. The van der Waals surface area contributed by atoms with E-state index in [4.69, 9.17) is 21.1 Å². The number of nitro benzene ring substituents is 1. The van der Waals surface area contributed by atoms with Crippen LogP contribution < -0.4 is 14.2 Å². The Bertz CT molecular complexity index is 1200. The summed E-state index contributed by atoms with van der Waals surface area (Å²) in [5.41, 5.74) is 0.289. The molecular weight excluding hydrogens is 436 g/mol. The number of rotatable bonds is 8. The van der Waals surface area contributed by atoms with Gasteiger partial charge in [-0.2, -0.15) is 5.10 Å². The van der Waals surface area contributed by atoms with Crippen LogP contribution in [0.1, 0.15) is 5.56 Å². The summed E-state index contributed by atoms with van der Waals surface area (Å²) < 4.78 is 40.1. The lowest BCUT2D eigenvalue weighted by Crippen LogP contribution is -2.25. The number of halogens is 1. The monoisotopic (exact) mass is 452 g/mol. The average Bonchev–Trinajstić information content (AvgIpc) is 3.17. The van der Waals surface area contributed by atoms with Crippen LogP contribution in [0.4, 0.5) is 5.69 Å². The van der Waals surface area contributed by atoms with Crippen molar-refractivity contribution in [1.82, 2.24) is 14.5 Å². The molecule has 158 valence electrons. The van der Waals surface area contributed by atoms with Crippen LogP contribution >= 0.6 is 11.6 Å². The first-order chi connectivity index (χ1) is 14.2. The largest absolute Gasteiger partial charge is 0.497 e. The number of benzene rings is 2. The molecule has 3 aromatic rings. The van der Waals surface area contributed by atoms with Gasteiger partial charge in [0.2, 0.25) is 10.0 Å². The van der Waals surface area contributed by atoms with Crippen LogP contribution in [0, 0.1) is 10.1 Å². The maximum Gasteiger partial charge on any atom is 0.270 e. The molecule has 0 fully saturated rings.